The van der Waals surface area contributed by atoms with Gasteiger partial charge in [0, 0.05) is 25.1 Å². The third-order valence-corrected chi connectivity index (χ3v) is 2.95. The summed E-state index contributed by atoms with van der Waals surface area (Å²) in [5.74, 6) is 0. The van der Waals surface area contributed by atoms with Gasteiger partial charge in [-0.15, -0.1) is 0 Å². The van der Waals surface area contributed by atoms with Gasteiger partial charge < -0.3 is 0 Å². The van der Waals surface area contributed by atoms with Crippen LogP contribution in [0, 0.1) is 0 Å². The van der Waals surface area contributed by atoms with Gasteiger partial charge in [-0.1, -0.05) is 15.9 Å². The highest BCUT2D eigenvalue weighted by molar-refractivity contribution is 9.10. The first-order valence-electron chi connectivity index (χ1n) is 4.10. The summed E-state index contributed by atoms with van der Waals surface area (Å²) in [5.41, 5.74) is -0.579. The maximum absolute atomic E-state index is 11.5. The number of halogens is 2. The molecule has 0 aliphatic heterocycles. The van der Waals surface area contributed by atoms with Crippen LogP contribution in [0.25, 0.3) is 0 Å². The van der Waals surface area contributed by atoms with E-state index in [9.17, 15) is 9.59 Å². The van der Waals surface area contributed by atoms with Crippen molar-refractivity contribution in [3.63, 3.8) is 0 Å². The minimum atomic E-state index is -0.301. The van der Waals surface area contributed by atoms with E-state index in [-0.39, 0.29) is 11.2 Å². The van der Waals surface area contributed by atoms with E-state index in [1.807, 2.05) is 0 Å². The van der Waals surface area contributed by atoms with Gasteiger partial charge in [0.25, 0.3) is 5.56 Å². The van der Waals surface area contributed by atoms with Crippen LogP contribution in [0.15, 0.2) is 20.3 Å². The largest absolute Gasteiger partial charge is 0.330 e. The van der Waals surface area contributed by atoms with Crippen LogP contribution in [0.3, 0.4) is 0 Å². The lowest BCUT2D eigenvalue weighted by atomic mass is 10.4. The van der Waals surface area contributed by atoms with Crippen molar-refractivity contribution in [2.75, 3.05) is 5.33 Å². The van der Waals surface area contributed by atoms with Gasteiger partial charge in [-0.05, 0) is 22.4 Å². The molecule has 0 aliphatic rings. The summed E-state index contributed by atoms with van der Waals surface area (Å²) in [6.45, 7) is 0.608. The van der Waals surface area contributed by atoms with Crippen LogP contribution in [0.1, 0.15) is 6.42 Å². The second-order valence-electron chi connectivity index (χ2n) is 2.86. The molecule has 0 bridgehead atoms. The highest BCUT2D eigenvalue weighted by Gasteiger charge is 2.05. The van der Waals surface area contributed by atoms with Gasteiger partial charge in [0.1, 0.15) is 0 Å². The molecule has 1 aromatic rings. The lowest BCUT2D eigenvalue weighted by molar-refractivity contribution is 0.590. The Kier molecular flexibility index (Phi) is 4.12. The molecule has 0 saturated carbocycles. The highest BCUT2D eigenvalue weighted by atomic mass is 79.9. The van der Waals surface area contributed by atoms with Crippen LogP contribution >= 0.6 is 31.9 Å². The first-order chi connectivity index (χ1) is 6.57. The lowest BCUT2D eigenvalue weighted by Crippen LogP contribution is -2.38. The topological polar surface area (TPSA) is 44.0 Å². The minimum absolute atomic E-state index is 0.279. The Morgan fingerprint density at radius 1 is 1.43 bits per heavy atom. The first-order valence-corrected chi connectivity index (χ1v) is 6.01. The molecule has 0 amide bonds. The van der Waals surface area contributed by atoms with E-state index in [0.717, 1.165) is 16.3 Å². The predicted molar refractivity (Wildman–Crippen MR) is 62.1 cm³/mol. The molecule has 0 N–H and O–H groups in total. The molecular weight excluding hydrogens is 316 g/mol. The number of hydrogen-bond acceptors (Lipinski definition) is 2. The molecule has 4 nitrogen and oxygen atoms in total. The second kappa shape index (κ2) is 4.93. The highest BCUT2D eigenvalue weighted by Crippen LogP contribution is 2.00. The molecule has 6 heteroatoms. The van der Waals surface area contributed by atoms with Crippen LogP contribution in [-0.4, -0.2) is 14.5 Å². The Balaban J connectivity index is 3.20. The average molecular weight is 326 g/mol. The van der Waals surface area contributed by atoms with Crippen molar-refractivity contribution in [2.45, 2.75) is 13.0 Å². The summed E-state index contributed by atoms with van der Waals surface area (Å²) >= 11 is 6.41. The fourth-order valence-electron chi connectivity index (χ4n) is 1.08. The molecule has 0 atom stereocenters. The van der Waals surface area contributed by atoms with E-state index in [2.05, 4.69) is 31.9 Å². The van der Waals surface area contributed by atoms with E-state index in [4.69, 9.17) is 0 Å². The Hall–Kier alpha value is -0.360. The normalized spacial score (nSPS) is 10.5. The van der Waals surface area contributed by atoms with Crippen molar-refractivity contribution in [1.82, 2.24) is 9.13 Å². The number of hydrogen-bond donors (Lipinski definition) is 0. The maximum atomic E-state index is 11.5. The molecule has 0 spiro atoms. The van der Waals surface area contributed by atoms with Crippen molar-refractivity contribution in [3.05, 3.63) is 31.5 Å². The maximum Gasteiger partial charge on any atom is 0.330 e. The summed E-state index contributed by atoms with van der Waals surface area (Å²) in [7, 11) is 1.47. The summed E-state index contributed by atoms with van der Waals surface area (Å²) in [6, 6.07) is 0. The van der Waals surface area contributed by atoms with Gasteiger partial charge in [0.2, 0.25) is 0 Å². The first kappa shape index (κ1) is 11.7. The van der Waals surface area contributed by atoms with E-state index in [1.54, 1.807) is 0 Å². The van der Waals surface area contributed by atoms with E-state index in [1.165, 1.54) is 17.8 Å². The lowest BCUT2D eigenvalue weighted by Gasteiger charge is -2.06. The predicted octanol–water partition coefficient (Wildman–Crippen LogP) is 1.09. The fourth-order valence-corrected chi connectivity index (χ4v) is 1.84. The molecule has 0 aromatic carbocycles. The van der Waals surface area contributed by atoms with E-state index >= 15 is 0 Å². The molecule has 0 saturated heterocycles. The third kappa shape index (κ3) is 2.36. The summed E-state index contributed by atoms with van der Waals surface area (Å²) in [5, 5.41) is 0.833. The van der Waals surface area contributed by atoms with Gasteiger partial charge in [-0.25, -0.2) is 4.79 Å². The minimum Gasteiger partial charge on any atom is -0.299 e. The van der Waals surface area contributed by atoms with Crippen LogP contribution in [0.4, 0.5) is 0 Å². The van der Waals surface area contributed by atoms with Gasteiger partial charge in [0.15, 0.2) is 0 Å². The molecule has 0 unspecified atom stereocenters. The number of alkyl halides is 1. The van der Waals surface area contributed by atoms with Gasteiger partial charge in [-0.2, -0.15) is 0 Å². The molecule has 14 heavy (non-hydrogen) atoms. The zero-order valence-corrected chi connectivity index (χ0v) is 10.8. The standard InChI is InChI=1S/C8H10Br2N2O2/c1-11-7(13)6(10)5-12(8(11)14)4-2-3-9/h5H,2-4H2,1H3. The number of aromatic nitrogens is 2. The Morgan fingerprint density at radius 2 is 2.07 bits per heavy atom. The molecule has 1 heterocycles. The monoisotopic (exact) mass is 324 g/mol. The van der Waals surface area contributed by atoms with Crippen LogP contribution in [0.2, 0.25) is 0 Å². The SMILES string of the molecule is Cn1c(=O)c(Br)cn(CCCBr)c1=O. The van der Waals surface area contributed by atoms with E-state index in [0.29, 0.717) is 11.0 Å². The Labute approximate surface area is 97.8 Å². The quantitative estimate of drug-likeness (QED) is 0.781. The summed E-state index contributed by atoms with van der Waals surface area (Å²) in [4.78, 5) is 22.8. The molecule has 0 fully saturated rings. The number of aryl methyl sites for hydroxylation is 1. The summed E-state index contributed by atoms with van der Waals surface area (Å²) in [6.07, 6.45) is 2.39. The fraction of sp³-hybridized carbons (Fsp3) is 0.500. The molecular formula is C8H10Br2N2O2. The van der Waals surface area contributed by atoms with Gasteiger partial charge >= 0.3 is 5.69 Å². The van der Waals surface area contributed by atoms with Crippen LogP contribution in [-0.2, 0) is 13.6 Å². The van der Waals surface area contributed by atoms with Gasteiger partial charge in [-0.3, -0.25) is 13.9 Å². The van der Waals surface area contributed by atoms with E-state index < -0.39 is 0 Å². The molecule has 0 radical (unpaired) electrons. The van der Waals surface area contributed by atoms with Crippen LogP contribution in [0.5, 0.6) is 0 Å². The van der Waals surface area contributed by atoms with Crippen molar-refractivity contribution in [3.8, 4) is 0 Å². The molecule has 0 aliphatic carbocycles. The number of rotatable bonds is 3. The van der Waals surface area contributed by atoms with Crippen molar-refractivity contribution in [1.29, 1.82) is 0 Å². The van der Waals surface area contributed by atoms with Crippen LogP contribution < -0.4 is 11.2 Å². The Bertz CT molecular complexity index is 436. The molecule has 1 rings (SSSR count). The third-order valence-electron chi connectivity index (χ3n) is 1.84. The van der Waals surface area contributed by atoms with Crippen molar-refractivity contribution >= 4 is 31.9 Å². The second-order valence-corrected chi connectivity index (χ2v) is 4.51. The number of nitrogens with zero attached hydrogens (tertiary/aromatic N) is 2. The molecule has 78 valence electrons. The smallest absolute Gasteiger partial charge is 0.299 e. The zero-order valence-electron chi connectivity index (χ0n) is 7.67. The average Bonchev–Trinajstić information content (AvgIpc) is 2.18. The van der Waals surface area contributed by atoms with Crippen molar-refractivity contribution in [2.24, 2.45) is 7.05 Å². The summed E-state index contributed by atoms with van der Waals surface area (Å²) < 4.78 is 3.03. The van der Waals surface area contributed by atoms with Crippen molar-refractivity contribution < 1.29 is 0 Å². The zero-order chi connectivity index (χ0) is 10.7. The van der Waals surface area contributed by atoms with Gasteiger partial charge in [0.05, 0.1) is 4.47 Å². The Morgan fingerprint density at radius 3 is 2.64 bits per heavy atom. The molecule has 1 aromatic heterocycles.